The van der Waals surface area contributed by atoms with Gasteiger partial charge in [-0.2, -0.15) is 0 Å². The van der Waals surface area contributed by atoms with E-state index < -0.39 is 84.2 Å². The minimum absolute atomic E-state index is 0.0111. The molecule has 1 unspecified atom stereocenters. The summed E-state index contributed by atoms with van der Waals surface area (Å²) in [5.41, 5.74) is 0.0858. The Kier molecular flexibility index (Phi) is 17.1. The molecule has 2 aliphatic rings. The second-order valence-electron chi connectivity index (χ2n) is 20.0. The summed E-state index contributed by atoms with van der Waals surface area (Å²) in [5.74, 6) is -1.20. The number of anilines is 2. The molecule has 0 radical (unpaired) electrons. The topological polar surface area (TPSA) is 296 Å². The number of aromatic nitrogens is 8. The fraction of sp³-hybridized carbons (Fsp3) is 0.339. The normalized spacial score (nSPS) is 19.8. The Balaban J connectivity index is 0.976. The van der Waals surface area contributed by atoms with E-state index in [0.29, 0.717) is 11.5 Å². The molecule has 2 fully saturated rings. The number of methoxy groups -OCH3 is 2. The fourth-order valence-electron chi connectivity index (χ4n) is 9.62. The molecular formula is C56H59N10O14PSe. The molecule has 2 saturated heterocycles. The number of benzene rings is 4. The number of H-pyrrole nitrogens is 2. The Morgan fingerprint density at radius 3 is 1.61 bits per heavy atom. The molecule has 26 heteroatoms. The van der Waals surface area contributed by atoms with Crippen molar-refractivity contribution in [3.8, 4) is 11.5 Å². The summed E-state index contributed by atoms with van der Waals surface area (Å²) in [6, 6.07) is 33.0. The van der Waals surface area contributed by atoms with Gasteiger partial charge in [0.2, 0.25) is 0 Å². The van der Waals surface area contributed by atoms with Gasteiger partial charge in [-0.3, -0.25) is 4.79 Å². The summed E-state index contributed by atoms with van der Waals surface area (Å²) in [7, 11) is 3.16. The van der Waals surface area contributed by atoms with E-state index in [1.54, 1.807) is 76.8 Å². The van der Waals surface area contributed by atoms with Crippen LogP contribution in [-0.2, 0) is 43.2 Å². The first-order valence-electron chi connectivity index (χ1n) is 26.2. The van der Waals surface area contributed by atoms with Crippen molar-refractivity contribution in [2.24, 2.45) is 11.8 Å². The van der Waals surface area contributed by atoms with Gasteiger partial charge in [0.1, 0.15) is 0 Å². The van der Waals surface area contributed by atoms with Crippen LogP contribution in [0.1, 0.15) is 80.0 Å². The predicted octanol–water partition coefficient (Wildman–Crippen LogP) is 6.51. The molecule has 8 aromatic rings. The van der Waals surface area contributed by atoms with Gasteiger partial charge in [-0.1, -0.05) is 27.7 Å². The molecule has 2 amide bonds. The molecular weight excluding hydrogens is 1150 g/mol. The van der Waals surface area contributed by atoms with Crippen LogP contribution in [0.15, 0.2) is 131 Å². The van der Waals surface area contributed by atoms with Crippen LogP contribution in [0.25, 0.3) is 22.3 Å². The van der Waals surface area contributed by atoms with Crippen LogP contribution < -0.4 is 31.2 Å². The molecule has 0 aliphatic carbocycles. The third-order valence-electron chi connectivity index (χ3n) is 14.0. The number of amides is 2. The third kappa shape index (κ3) is 12.2. The SMILES string of the molecule is COc1ccc(C(OC[C@H]2O[C@@H](n3cnc4c(=O)[nH]c(NC(=O)C(C)C)nc43)C[C@@H]2OP(O)(=[Se])OC[C@H]2O[C@@H](n3cnc4c(=O)[nH]c(NC(=O)C(C)C)nc43)C[C@@H]2OC(=O)c2ccccc2)(c2ccccc2)c2ccc(OC)cc2)cc1. The first kappa shape index (κ1) is 57.5. The van der Waals surface area contributed by atoms with E-state index in [4.69, 9.17) is 37.5 Å². The van der Waals surface area contributed by atoms with Gasteiger partial charge in [0.15, 0.2) is 0 Å². The Labute approximate surface area is 476 Å². The molecule has 0 saturated carbocycles. The molecule has 5 N–H and O–H groups in total. The standard InChI is InChI=1S/C56H59N10O14PSe/c1-31(2)49(67)61-54-59-47-45(51(69)63-54)57-29-65(47)43-25-39(79-53(71)33-13-9-7-10-14-33)42(78-43)28-76-81(72,82)80-40-26-44(66-30-58-46-48(66)60-55(64-52(46)70)62-50(68)32(3)4)77-41(40)27-75-56(34-15-11-8-12-16-34,35-17-21-37(73-5)22-18-35)36-19-23-38(74-6)24-20-36/h7-24,29-32,39-44H,25-28H2,1-6H3,(H,72,82)(H2,59,61,63,67,69)(H2,60,62,64,68,70)/t39-,40-,41+,42+,43+,44+,81?/m0/s1. The average molecular weight is 1210 g/mol. The summed E-state index contributed by atoms with van der Waals surface area (Å²) in [5, 5.41) is 5.26. The first-order valence-corrected chi connectivity index (χ1v) is 30.0. The molecule has 6 heterocycles. The molecule has 10 rings (SSSR count). The molecule has 2 aliphatic heterocycles. The molecule has 4 aromatic heterocycles. The number of imidazole rings is 2. The van der Waals surface area contributed by atoms with Gasteiger partial charge in [-0.05, 0) is 0 Å². The summed E-state index contributed by atoms with van der Waals surface area (Å²) >= 11 is 2.72. The van der Waals surface area contributed by atoms with Gasteiger partial charge in [0, 0.05) is 5.92 Å². The number of aromatic amines is 2. The number of ether oxygens (including phenoxy) is 6. The molecule has 0 bridgehead atoms. The van der Waals surface area contributed by atoms with E-state index in [9.17, 15) is 28.9 Å². The van der Waals surface area contributed by atoms with Crippen molar-refractivity contribution in [2.75, 3.05) is 38.1 Å². The zero-order valence-corrected chi connectivity index (χ0v) is 47.9. The van der Waals surface area contributed by atoms with E-state index in [1.165, 1.54) is 17.2 Å². The summed E-state index contributed by atoms with van der Waals surface area (Å²) < 4.78 is 53.8. The van der Waals surface area contributed by atoms with Crippen LogP contribution in [0, 0.1) is 11.8 Å². The fourth-order valence-corrected chi connectivity index (χ4v) is 11.7. The number of nitrogens with zero attached hydrogens (tertiary/aromatic N) is 6. The van der Waals surface area contributed by atoms with E-state index in [1.807, 2.05) is 78.9 Å². The summed E-state index contributed by atoms with van der Waals surface area (Å²) in [4.78, 5) is 101. The zero-order chi connectivity index (χ0) is 57.9. The van der Waals surface area contributed by atoms with Gasteiger partial charge >= 0.3 is 426 Å². The van der Waals surface area contributed by atoms with Crippen molar-refractivity contribution in [1.82, 2.24) is 39.0 Å². The van der Waals surface area contributed by atoms with Crippen molar-refractivity contribution in [3.63, 3.8) is 0 Å². The average Bonchev–Trinajstić information content (AvgIpc) is 3.46. The number of rotatable bonds is 21. The second-order valence-corrected chi connectivity index (χ2v) is 24.3. The van der Waals surface area contributed by atoms with Crippen molar-refractivity contribution < 1.29 is 56.7 Å². The molecule has 4 aromatic carbocycles. The monoisotopic (exact) mass is 1210 g/mol. The van der Waals surface area contributed by atoms with Crippen molar-refractivity contribution in [1.29, 1.82) is 0 Å². The molecule has 7 atom stereocenters. The third-order valence-corrected chi connectivity index (χ3v) is 16.2. The van der Waals surface area contributed by atoms with Crippen molar-refractivity contribution in [2.45, 2.75) is 83.0 Å². The van der Waals surface area contributed by atoms with Crippen molar-refractivity contribution >= 4 is 73.3 Å². The Bertz CT molecular complexity index is 3720. The molecule has 82 heavy (non-hydrogen) atoms. The molecule has 428 valence electrons. The van der Waals surface area contributed by atoms with Gasteiger partial charge in [0.25, 0.3) is 0 Å². The van der Waals surface area contributed by atoms with Crippen LogP contribution in [0.4, 0.5) is 11.9 Å². The summed E-state index contributed by atoms with van der Waals surface area (Å²) in [6.07, 6.45) is -7.27. The van der Waals surface area contributed by atoms with Crippen LogP contribution >= 0.6 is 6.19 Å². The first-order chi connectivity index (χ1) is 39.4. The van der Waals surface area contributed by atoms with Crippen LogP contribution in [-0.4, -0.2) is 129 Å². The summed E-state index contributed by atoms with van der Waals surface area (Å²) in [6.45, 7) is 6.21. The zero-order valence-electron chi connectivity index (χ0n) is 45.3. The number of nitrogens with one attached hydrogen (secondary N) is 4. The van der Waals surface area contributed by atoms with E-state index in [2.05, 4.69) is 55.6 Å². The molecule has 24 nitrogen and oxygen atoms in total. The van der Waals surface area contributed by atoms with Gasteiger partial charge in [0.05, 0.1) is 14.2 Å². The van der Waals surface area contributed by atoms with Gasteiger partial charge in [-0.15, -0.1) is 0 Å². The van der Waals surface area contributed by atoms with Gasteiger partial charge < -0.3 is 0 Å². The van der Waals surface area contributed by atoms with E-state index in [0.717, 1.165) is 16.7 Å². The predicted molar refractivity (Wildman–Crippen MR) is 300 cm³/mol. The van der Waals surface area contributed by atoms with E-state index >= 15 is 0 Å². The van der Waals surface area contributed by atoms with Gasteiger partial charge in [-0.25, -0.2) is 0 Å². The number of carbonyl (C=O) groups excluding carboxylic acids is 3. The Morgan fingerprint density at radius 1 is 0.683 bits per heavy atom. The van der Waals surface area contributed by atoms with Crippen LogP contribution in [0.5, 0.6) is 11.5 Å². The van der Waals surface area contributed by atoms with E-state index in [-0.39, 0.29) is 71.1 Å². The number of hydrogen-bond acceptors (Lipinski definition) is 18. The van der Waals surface area contributed by atoms with Crippen LogP contribution in [0.3, 0.4) is 0 Å². The van der Waals surface area contributed by atoms with Crippen molar-refractivity contribution in [3.05, 3.63) is 165 Å². The maximum absolute atomic E-state index is 13.7. The van der Waals surface area contributed by atoms with Crippen LogP contribution in [0.2, 0.25) is 0 Å². The molecule has 0 spiro atoms. The Morgan fingerprint density at radius 2 is 1.13 bits per heavy atom. The maximum atomic E-state index is 13.7. The number of carbonyl (C=O) groups is 3. The minimum atomic E-state index is -4.07. The number of esters is 1. The quantitative estimate of drug-likeness (QED) is 0.0222. The number of fused-ring (bicyclic) bond motifs is 2. The number of hydrogen-bond donors (Lipinski definition) is 5. The second kappa shape index (κ2) is 24.4. The Hall–Kier alpha value is -7.70.